The minimum Gasteiger partial charge on any atom is -0.496 e. The van der Waals surface area contributed by atoms with Crippen LogP contribution in [0.4, 0.5) is 0 Å². The van der Waals surface area contributed by atoms with E-state index in [1.807, 2.05) is 6.92 Å². The number of methoxy groups -OCH3 is 2. The van der Waals surface area contributed by atoms with Gasteiger partial charge in [-0.05, 0) is 38.5 Å². The van der Waals surface area contributed by atoms with Crippen LogP contribution in [0.3, 0.4) is 0 Å². The number of nitrogens with zero attached hydrogens (tertiary/aromatic N) is 1. The van der Waals surface area contributed by atoms with Gasteiger partial charge < -0.3 is 14.8 Å². The molecule has 0 aromatic heterocycles. The lowest BCUT2D eigenvalue weighted by atomic mass is 9.89. The highest BCUT2D eigenvalue weighted by molar-refractivity contribution is 5.48. The van der Waals surface area contributed by atoms with Crippen LogP contribution in [0.25, 0.3) is 0 Å². The van der Waals surface area contributed by atoms with Crippen LogP contribution in [0.15, 0.2) is 12.1 Å². The minimum absolute atomic E-state index is 0.0750. The van der Waals surface area contributed by atoms with Crippen molar-refractivity contribution in [2.45, 2.75) is 26.3 Å². The van der Waals surface area contributed by atoms with Crippen LogP contribution in [0.2, 0.25) is 0 Å². The highest BCUT2D eigenvalue weighted by Crippen LogP contribution is 2.38. The van der Waals surface area contributed by atoms with E-state index in [1.165, 1.54) is 5.56 Å². The second-order valence-electron chi connectivity index (χ2n) is 5.82. The molecule has 0 amide bonds. The van der Waals surface area contributed by atoms with Crippen LogP contribution >= 0.6 is 0 Å². The Morgan fingerprint density at radius 3 is 2.20 bits per heavy atom. The number of nitrogens with one attached hydrogen (secondary N) is 1. The zero-order chi connectivity index (χ0) is 14.8. The van der Waals surface area contributed by atoms with Crippen LogP contribution in [0, 0.1) is 6.92 Å². The number of rotatable bonds is 4. The summed E-state index contributed by atoms with van der Waals surface area (Å²) in [5.41, 5.74) is 2.21. The van der Waals surface area contributed by atoms with Gasteiger partial charge in [0.05, 0.1) is 14.2 Å². The number of hydrogen-bond acceptors (Lipinski definition) is 4. The van der Waals surface area contributed by atoms with Crippen LogP contribution < -0.4 is 14.8 Å². The highest BCUT2D eigenvalue weighted by Gasteiger charge is 2.32. The number of aryl methyl sites for hydroxylation is 1. The number of ether oxygens (including phenoxy) is 2. The maximum atomic E-state index is 5.60. The largest absolute Gasteiger partial charge is 0.496 e. The van der Waals surface area contributed by atoms with Gasteiger partial charge in [-0.1, -0.05) is 0 Å². The Morgan fingerprint density at radius 2 is 1.65 bits per heavy atom. The quantitative estimate of drug-likeness (QED) is 0.915. The average molecular weight is 278 g/mol. The molecule has 0 radical (unpaired) electrons. The fourth-order valence-electron chi connectivity index (χ4n) is 2.92. The fraction of sp³-hybridized carbons (Fsp3) is 0.625. The van der Waals surface area contributed by atoms with E-state index < -0.39 is 0 Å². The Balaban J connectivity index is 2.42. The summed E-state index contributed by atoms with van der Waals surface area (Å²) in [6.07, 6.45) is 0. The molecule has 0 atom stereocenters. The Morgan fingerprint density at radius 1 is 1.05 bits per heavy atom. The van der Waals surface area contributed by atoms with Crippen molar-refractivity contribution in [2.24, 2.45) is 0 Å². The summed E-state index contributed by atoms with van der Waals surface area (Å²) < 4.78 is 11.1. The summed E-state index contributed by atoms with van der Waals surface area (Å²) >= 11 is 0. The van der Waals surface area contributed by atoms with Gasteiger partial charge in [0.15, 0.2) is 0 Å². The van der Waals surface area contributed by atoms with Gasteiger partial charge in [0.1, 0.15) is 11.5 Å². The first kappa shape index (κ1) is 15.1. The van der Waals surface area contributed by atoms with Crippen LogP contribution in [0.5, 0.6) is 11.5 Å². The summed E-state index contributed by atoms with van der Waals surface area (Å²) in [5.74, 6) is 1.86. The molecule has 1 aliphatic heterocycles. The van der Waals surface area contributed by atoms with Crippen molar-refractivity contribution in [3.8, 4) is 11.5 Å². The fourth-order valence-corrected chi connectivity index (χ4v) is 2.92. The predicted molar refractivity (Wildman–Crippen MR) is 81.8 cm³/mol. The van der Waals surface area contributed by atoms with Gasteiger partial charge in [-0.3, -0.25) is 4.90 Å². The number of benzene rings is 1. The third-order valence-corrected chi connectivity index (χ3v) is 4.28. The Labute approximate surface area is 122 Å². The predicted octanol–water partition coefficient (Wildman–Crippen LogP) is 2.15. The van der Waals surface area contributed by atoms with Crippen molar-refractivity contribution in [3.05, 3.63) is 23.3 Å². The van der Waals surface area contributed by atoms with E-state index >= 15 is 0 Å². The molecule has 1 aliphatic rings. The van der Waals surface area contributed by atoms with E-state index in [-0.39, 0.29) is 5.54 Å². The van der Waals surface area contributed by atoms with E-state index in [2.05, 4.69) is 36.2 Å². The molecule has 0 bridgehead atoms. The Hall–Kier alpha value is -1.26. The van der Waals surface area contributed by atoms with Crippen LogP contribution in [-0.2, 0) is 5.54 Å². The molecular formula is C16H26N2O2. The molecular weight excluding hydrogens is 252 g/mol. The number of hydrogen-bond donors (Lipinski definition) is 1. The van der Waals surface area contributed by atoms with Crippen LogP contribution in [0.1, 0.15) is 25.0 Å². The maximum absolute atomic E-state index is 5.60. The smallest absolute Gasteiger partial charge is 0.124 e. The van der Waals surface area contributed by atoms with Crippen molar-refractivity contribution in [3.63, 3.8) is 0 Å². The lowest BCUT2D eigenvalue weighted by Gasteiger charge is -2.42. The standard InChI is InChI=1S/C16H26N2O2/c1-12-10-15(20-5)13(11-14(12)19-4)16(2,3)18-8-6-17-7-9-18/h10-11,17H,6-9H2,1-5H3. The molecule has 1 aromatic carbocycles. The molecule has 4 nitrogen and oxygen atoms in total. The lowest BCUT2D eigenvalue weighted by molar-refractivity contribution is 0.0997. The molecule has 1 aromatic rings. The molecule has 1 fully saturated rings. The summed E-state index contributed by atoms with van der Waals surface area (Å²) in [5, 5.41) is 3.40. The second kappa shape index (κ2) is 6.02. The van der Waals surface area contributed by atoms with Gasteiger partial charge in [-0.25, -0.2) is 0 Å². The first-order valence-corrected chi connectivity index (χ1v) is 7.19. The first-order valence-electron chi connectivity index (χ1n) is 7.19. The number of piperazine rings is 1. The van der Waals surface area contributed by atoms with E-state index in [1.54, 1.807) is 14.2 Å². The third kappa shape index (κ3) is 2.76. The highest BCUT2D eigenvalue weighted by atomic mass is 16.5. The molecule has 2 rings (SSSR count). The van der Waals surface area contributed by atoms with Crippen molar-refractivity contribution < 1.29 is 9.47 Å². The van der Waals surface area contributed by atoms with E-state index in [4.69, 9.17) is 9.47 Å². The van der Waals surface area contributed by atoms with Gasteiger partial charge in [0.25, 0.3) is 0 Å². The molecule has 0 unspecified atom stereocenters. The van der Waals surface area contributed by atoms with Gasteiger partial charge >= 0.3 is 0 Å². The summed E-state index contributed by atoms with van der Waals surface area (Å²) in [6, 6.07) is 4.19. The first-order chi connectivity index (χ1) is 9.50. The normalized spacial score (nSPS) is 17.1. The van der Waals surface area contributed by atoms with Crippen molar-refractivity contribution in [2.75, 3.05) is 40.4 Å². The molecule has 0 aliphatic carbocycles. The molecule has 1 heterocycles. The van der Waals surface area contributed by atoms with E-state index in [0.29, 0.717) is 0 Å². The average Bonchev–Trinajstić information content (AvgIpc) is 2.47. The van der Waals surface area contributed by atoms with Crippen molar-refractivity contribution in [1.82, 2.24) is 10.2 Å². The molecule has 4 heteroatoms. The van der Waals surface area contributed by atoms with Gasteiger partial charge in [-0.2, -0.15) is 0 Å². The minimum atomic E-state index is -0.0750. The second-order valence-corrected chi connectivity index (χ2v) is 5.82. The van der Waals surface area contributed by atoms with Crippen molar-refractivity contribution in [1.29, 1.82) is 0 Å². The van der Waals surface area contributed by atoms with Gasteiger partial charge in [-0.15, -0.1) is 0 Å². The maximum Gasteiger partial charge on any atom is 0.124 e. The lowest BCUT2D eigenvalue weighted by Crippen LogP contribution is -2.51. The Bertz CT molecular complexity index is 466. The van der Waals surface area contributed by atoms with E-state index in [0.717, 1.165) is 43.2 Å². The van der Waals surface area contributed by atoms with Gasteiger partial charge in [0, 0.05) is 37.3 Å². The molecule has 1 saturated heterocycles. The molecule has 112 valence electrons. The molecule has 20 heavy (non-hydrogen) atoms. The van der Waals surface area contributed by atoms with Crippen LogP contribution in [-0.4, -0.2) is 45.3 Å². The summed E-state index contributed by atoms with van der Waals surface area (Å²) in [7, 11) is 3.45. The topological polar surface area (TPSA) is 33.7 Å². The zero-order valence-corrected chi connectivity index (χ0v) is 13.2. The van der Waals surface area contributed by atoms with Gasteiger partial charge in [0.2, 0.25) is 0 Å². The molecule has 0 saturated carbocycles. The SMILES string of the molecule is COc1cc(C(C)(C)N2CCNCC2)c(OC)cc1C. The zero-order valence-electron chi connectivity index (χ0n) is 13.2. The summed E-state index contributed by atoms with van der Waals surface area (Å²) in [4.78, 5) is 2.50. The van der Waals surface area contributed by atoms with Crippen molar-refractivity contribution >= 4 is 0 Å². The molecule has 1 N–H and O–H groups in total. The third-order valence-electron chi connectivity index (χ3n) is 4.28. The summed E-state index contributed by atoms with van der Waals surface area (Å²) in [6.45, 7) is 10.7. The molecule has 0 spiro atoms. The monoisotopic (exact) mass is 278 g/mol. The van der Waals surface area contributed by atoms with E-state index in [9.17, 15) is 0 Å². The Kier molecular flexibility index (Phi) is 4.55.